The van der Waals surface area contributed by atoms with Crippen LogP contribution < -0.4 is 16.0 Å². The van der Waals surface area contributed by atoms with E-state index in [1.807, 2.05) is 49.4 Å². The molecule has 0 heterocycles. The van der Waals surface area contributed by atoms with Crippen molar-refractivity contribution >= 4 is 75.1 Å². The van der Waals surface area contributed by atoms with E-state index in [1.54, 1.807) is 36.4 Å². The standard InChI is InChI=1S/C23H20Cl3N5OS/c1-15-7-5-6-10-19(15)20(32)28-21(23(24,25)26)29-22(33)27-16-11-13-18(14-12-16)31-30-17-8-3-2-4-9-17/h2-14,21H,1H3,(H,28,32)(H2,27,29,33). The number of halogens is 3. The largest absolute Gasteiger partial charge is 0.339 e. The molecule has 0 aromatic heterocycles. The monoisotopic (exact) mass is 519 g/mol. The summed E-state index contributed by atoms with van der Waals surface area (Å²) < 4.78 is -1.86. The average Bonchev–Trinajstić information content (AvgIpc) is 2.78. The zero-order valence-corrected chi connectivity index (χ0v) is 20.5. The Balaban J connectivity index is 1.61. The van der Waals surface area contributed by atoms with Gasteiger partial charge in [0, 0.05) is 11.3 Å². The van der Waals surface area contributed by atoms with Crippen LogP contribution in [0.25, 0.3) is 0 Å². The second-order valence-electron chi connectivity index (χ2n) is 6.94. The molecule has 0 radical (unpaired) electrons. The number of rotatable bonds is 6. The van der Waals surface area contributed by atoms with E-state index < -0.39 is 15.9 Å². The number of nitrogens with one attached hydrogen (secondary N) is 3. The number of azo groups is 1. The number of amides is 1. The number of anilines is 1. The molecule has 1 amide bonds. The average molecular weight is 521 g/mol. The summed E-state index contributed by atoms with van der Waals surface area (Å²) in [4.78, 5) is 12.7. The minimum atomic E-state index is -1.86. The van der Waals surface area contributed by atoms with Crippen LogP contribution in [-0.4, -0.2) is 21.0 Å². The Morgan fingerprint density at radius 1 is 0.848 bits per heavy atom. The lowest BCUT2D eigenvalue weighted by molar-refractivity contribution is 0.0934. The SMILES string of the molecule is Cc1ccccc1C(=O)NC(NC(=S)Nc1ccc(N=Nc2ccccc2)cc1)C(Cl)(Cl)Cl. The Bertz CT molecular complexity index is 1130. The highest BCUT2D eigenvalue weighted by atomic mass is 35.6. The number of thiocarbonyl (C=S) groups is 1. The van der Waals surface area contributed by atoms with E-state index in [2.05, 4.69) is 26.2 Å². The first kappa shape index (κ1) is 24.9. The summed E-state index contributed by atoms with van der Waals surface area (Å²) in [6.45, 7) is 1.82. The maximum Gasteiger partial charge on any atom is 0.253 e. The molecule has 0 aliphatic heterocycles. The van der Waals surface area contributed by atoms with E-state index >= 15 is 0 Å². The van der Waals surface area contributed by atoms with Crippen molar-refractivity contribution in [1.29, 1.82) is 0 Å². The van der Waals surface area contributed by atoms with Gasteiger partial charge in [-0.3, -0.25) is 4.79 Å². The highest BCUT2D eigenvalue weighted by Crippen LogP contribution is 2.29. The molecule has 0 aliphatic rings. The molecule has 0 fully saturated rings. The number of nitrogens with zero attached hydrogens (tertiary/aromatic N) is 2. The van der Waals surface area contributed by atoms with Crippen LogP contribution in [0.1, 0.15) is 15.9 Å². The smallest absolute Gasteiger partial charge is 0.253 e. The first-order chi connectivity index (χ1) is 15.7. The first-order valence-electron chi connectivity index (χ1n) is 9.80. The molecule has 0 bridgehead atoms. The van der Waals surface area contributed by atoms with Gasteiger partial charge in [-0.15, -0.1) is 0 Å². The van der Waals surface area contributed by atoms with Crippen molar-refractivity contribution in [3.63, 3.8) is 0 Å². The summed E-state index contributed by atoms with van der Waals surface area (Å²) in [7, 11) is 0. The number of carbonyl (C=O) groups is 1. The van der Waals surface area contributed by atoms with E-state index in [9.17, 15) is 4.79 Å². The van der Waals surface area contributed by atoms with Crippen LogP contribution in [0, 0.1) is 6.92 Å². The molecule has 0 saturated heterocycles. The van der Waals surface area contributed by atoms with E-state index in [0.29, 0.717) is 16.9 Å². The summed E-state index contributed by atoms with van der Waals surface area (Å²) >= 11 is 23.5. The molecular formula is C23H20Cl3N5OS. The van der Waals surface area contributed by atoms with Crippen molar-refractivity contribution in [1.82, 2.24) is 10.6 Å². The minimum absolute atomic E-state index is 0.162. The summed E-state index contributed by atoms with van der Waals surface area (Å²) in [6.07, 6.45) is -1.08. The van der Waals surface area contributed by atoms with Gasteiger partial charge in [-0.1, -0.05) is 71.2 Å². The van der Waals surface area contributed by atoms with Crippen LogP contribution in [0.2, 0.25) is 0 Å². The third-order valence-corrected chi connectivity index (χ3v) is 5.30. The number of hydrogen-bond donors (Lipinski definition) is 3. The molecule has 3 aromatic carbocycles. The van der Waals surface area contributed by atoms with Gasteiger partial charge >= 0.3 is 0 Å². The Kier molecular flexibility index (Phi) is 8.63. The summed E-state index contributed by atoms with van der Waals surface area (Å²) in [5, 5.41) is 17.0. The lowest BCUT2D eigenvalue weighted by atomic mass is 10.1. The third kappa shape index (κ3) is 7.68. The van der Waals surface area contributed by atoms with Gasteiger partial charge in [-0.2, -0.15) is 10.2 Å². The van der Waals surface area contributed by atoms with Gasteiger partial charge in [0.1, 0.15) is 6.17 Å². The second-order valence-corrected chi connectivity index (χ2v) is 9.72. The maximum atomic E-state index is 12.7. The Labute approximate surface area is 212 Å². The molecule has 6 nitrogen and oxygen atoms in total. The van der Waals surface area contributed by atoms with Crippen LogP contribution in [-0.2, 0) is 0 Å². The van der Waals surface area contributed by atoms with Crippen LogP contribution in [0.3, 0.4) is 0 Å². The molecule has 0 saturated carbocycles. The quantitative estimate of drug-likeness (QED) is 0.144. The lowest BCUT2D eigenvalue weighted by Crippen LogP contribution is -2.56. The molecule has 10 heteroatoms. The Hall–Kier alpha value is -2.71. The predicted octanol–water partition coefficient (Wildman–Crippen LogP) is 6.82. The van der Waals surface area contributed by atoms with E-state index in [0.717, 1.165) is 11.3 Å². The van der Waals surface area contributed by atoms with E-state index in [1.165, 1.54) is 0 Å². The van der Waals surface area contributed by atoms with Gasteiger partial charge in [0.05, 0.1) is 11.4 Å². The Morgan fingerprint density at radius 3 is 2.03 bits per heavy atom. The molecule has 170 valence electrons. The van der Waals surface area contributed by atoms with Gasteiger partial charge in [-0.25, -0.2) is 0 Å². The number of carbonyl (C=O) groups excluding carboxylic acids is 1. The van der Waals surface area contributed by atoms with Crippen molar-refractivity contribution in [2.45, 2.75) is 16.9 Å². The van der Waals surface area contributed by atoms with Crippen LogP contribution in [0.4, 0.5) is 17.1 Å². The minimum Gasteiger partial charge on any atom is -0.339 e. The van der Waals surface area contributed by atoms with Crippen molar-refractivity contribution in [3.05, 3.63) is 90.0 Å². The first-order valence-corrected chi connectivity index (χ1v) is 11.3. The van der Waals surface area contributed by atoms with Gasteiger partial charge in [0.2, 0.25) is 3.79 Å². The number of alkyl halides is 3. The molecular weight excluding hydrogens is 501 g/mol. The predicted molar refractivity (Wildman–Crippen MR) is 139 cm³/mol. The summed E-state index contributed by atoms with van der Waals surface area (Å²) in [5.74, 6) is -0.396. The molecule has 3 rings (SSSR count). The molecule has 3 aromatic rings. The van der Waals surface area contributed by atoms with Gasteiger partial charge in [-0.05, 0) is 67.2 Å². The van der Waals surface area contributed by atoms with Crippen molar-refractivity contribution in [3.8, 4) is 0 Å². The third-order valence-electron chi connectivity index (χ3n) is 4.43. The van der Waals surface area contributed by atoms with Crippen molar-refractivity contribution in [2.24, 2.45) is 10.2 Å². The fourth-order valence-corrected chi connectivity index (χ4v) is 3.32. The molecule has 1 atom stereocenters. The van der Waals surface area contributed by atoms with E-state index in [4.69, 9.17) is 47.0 Å². The highest BCUT2D eigenvalue weighted by Gasteiger charge is 2.35. The summed E-state index contributed by atoms with van der Waals surface area (Å²) in [5.41, 5.74) is 3.38. The number of aryl methyl sites for hydroxylation is 1. The normalized spacial score (nSPS) is 12.2. The molecule has 3 N–H and O–H groups in total. The van der Waals surface area contributed by atoms with Gasteiger partial charge in [0.25, 0.3) is 5.91 Å². The maximum absolute atomic E-state index is 12.7. The van der Waals surface area contributed by atoms with Crippen LogP contribution in [0.15, 0.2) is 89.1 Å². The lowest BCUT2D eigenvalue weighted by Gasteiger charge is -2.28. The zero-order valence-electron chi connectivity index (χ0n) is 17.4. The summed E-state index contributed by atoms with van der Waals surface area (Å²) in [6, 6.07) is 23.7. The molecule has 1 unspecified atom stereocenters. The van der Waals surface area contributed by atoms with Crippen LogP contribution in [0.5, 0.6) is 0 Å². The molecule has 0 aliphatic carbocycles. The molecule has 0 spiro atoms. The fraction of sp³-hybridized carbons (Fsp3) is 0.130. The topological polar surface area (TPSA) is 77.9 Å². The molecule has 33 heavy (non-hydrogen) atoms. The number of benzene rings is 3. The fourth-order valence-electron chi connectivity index (χ4n) is 2.76. The van der Waals surface area contributed by atoms with Crippen molar-refractivity contribution in [2.75, 3.05) is 5.32 Å². The van der Waals surface area contributed by atoms with Gasteiger partial charge in [0.15, 0.2) is 5.11 Å². The van der Waals surface area contributed by atoms with Crippen molar-refractivity contribution < 1.29 is 4.79 Å². The van der Waals surface area contributed by atoms with Crippen LogP contribution >= 0.6 is 47.0 Å². The Morgan fingerprint density at radius 2 is 1.42 bits per heavy atom. The highest BCUT2D eigenvalue weighted by molar-refractivity contribution is 7.80. The second kappa shape index (κ2) is 11.4. The zero-order chi connectivity index (χ0) is 23.8. The van der Waals surface area contributed by atoms with E-state index in [-0.39, 0.29) is 5.11 Å². The number of hydrogen-bond acceptors (Lipinski definition) is 4. The van der Waals surface area contributed by atoms with Gasteiger partial charge < -0.3 is 16.0 Å².